The largest absolute Gasteiger partial charge is 0.456 e. The third-order valence-corrected chi connectivity index (χ3v) is 5.09. The summed E-state index contributed by atoms with van der Waals surface area (Å²) < 4.78 is 7.68. The van der Waals surface area contributed by atoms with E-state index in [0.717, 1.165) is 16.8 Å². The summed E-state index contributed by atoms with van der Waals surface area (Å²) >= 11 is 0. The van der Waals surface area contributed by atoms with Gasteiger partial charge in [-0.1, -0.05) is 29.8 Å². The van der Waals surface area contributed by atoms with Crippen molar-refractivity contribution in [1.29, 1.82) is 0 Å². The molecule has 1 amide bonds. The average Bonchev–Trinajstić information content (AvgIpc) is 3.24. The predicted octanol–water partition coefficient (Wildman–Crippen LogP) is 4.93. The van der Waals surface area contributed by atoms with Crippen LogP contribution in [0.1, 0.15) is 38.6 Å². The second-order valence-electron chi connectivity index (χ2n) is 7.26. The monoisotopic (exact) mass is 373 g/mol. The standard InChI is InChI=1S/C23H23N3O2/c1-14-11-15(2)18(16(3)12-14)13-17-9-10-21(28-17)22(27)25-23-24-19-7-5-6-8-20(19)26(23)4/h5-12H,13H2,1-4H3,(H,24,25,27). The van der Waals surface area contributed by atoms with Gasteiger partial charge in [0.25, 0.3) is 5.91 Å². The maximum Gasteiger partial charge on any atom is 0.293 e. The van der Waals surface area contributed by atoms with Crippen LogP contribution < -0.4 is 5.32 Å². The number of hydrogen-bond acceptors (Lipinski definition) is 3. The van der Waals surface area contributed by atoms with Crippen LogP contribution in [0.3, 0.4) is 0 Å². The van der Waals surface area contributed by atoms with E-state index in [2.05, 4.69) is 43.2 Å². The van der Waals surface area contributed by atoms with E-state index < -0.39 is 0 Å². The first kappa shape index (κ1) is 18.0. The molecule has 0 radical (unpaired) electrons. The topological polar surface area (TPSA) is 60.1 Å². The van der Waals surface area contributed by atoms with Crippen molar-refractivity contribution >= 4 is 22.9 Å². The summed E-state index contributed by atoms with van der Waals surface area (Å²) in [5, 5.41) is 2.84. The highest BCUT2D eigenvalue weighted by Crippen LogP contribution is 2.22. The highest BCUT2D eigenvalue weighted by molar-refractivity contribution is 6.02. The van der Waals surface area contributed by atoms with E-state index in [4.69, 9.17) is 4.42 Å². The van der Waals surface area contributed by atoms with E-state index in [-0.39, 0.29) is 11.7 Å². The number of anilines is 1. The number of rotatable bonds is 4. The molecule has 142 valence electrons. The first-order valence-electron chi connectivity index (χ1n) is 9.30. The molecular formula is C23H23N3O2. The maximum absolute atomic E-state index is 12.6. The van der Waals surface area contributed by atoms with Gasteiger partial charge in [0.2, 0.25) is 5.95 Å². The van der Waals surface area contributed by atoms with Crippen molar-refractivity contribution < 1.29 is 9.21 Å². The van der Waals surface area contributed by atoms with Crippen molar-refractivity contribution in [3.05, 3.63) is 82.3 Å². The minimum atomic E-state index is -0.304. The van der Waals surface area contributed by atoms with E-state index in [1.54, 1.807) is 6.07 Å². The highest BCUT2D eigenvalue weighted by atomic mass is 16.3. The van der Waals surface area contributed by atoms with E-state index in [1.165, 1.54) is 22.3 Å². The van der Waals surface area contributed by atoms with Crippen LogP contribution in [0.2, 0.25) is 0 Å². The summed E-state index contributed by atoms with van der Waals surface area (Å²) in [7, 11) is 1.88. The summed E-state index contributed by atoms with van der Waals surface area (Å²) in [6, 6.07) is 15.7. The fourth-order valence-corrected chi connectivity index (χ4v) is 3.68. The molecule has 5 heteroatoms. The molecule has 0 unspecified atom stereocenters. The normalized spacial score (nSPS) is 11.1. The number of fused-ring (bicyclic) bond motifs is 1. The van der Waals surface area contributed by atoms with Crippen molar-refractivity contribution in [2.75, 3.05) is 5.32 Å². The van der Waals surface area contributed by atoms with Crippen LogP contribution >= 0.6 is 0 Å². The summed E-state index contributed by atoms with van der Waals surface area (Å²) in [5.74, 6) is 1.24. The lowest BCUT2D eigenvalue weighted by Gasteiger charge is -2.10. The van der Waals surface area contributed by atoms with Crippen LogP contribution in [-0.4, -0.2) is 15.5 Å². The van der Waals surface area contributed by atoms with Crippen molar-refractivity contribution in [3.8, 4) is 0 Å². The number of aryl methyl sites for hydroxylation is 4. The molecule has 4 aromatic rings. The molecule has 0 spiro atoms. The van der Waals surface area contributed by atoms with Gasteiger partial charge in [-0.25, -0.2) is 4.98 Å². The van der Waals surface area contributed by atoms with Crippen LogP contribution in [0.25, 0.3) is 11.0 Å². The molecule has 0 saturated heterocycles. The molecule has 2 aromatic heterocycles. The van der Waals surface area contributed by atoms with Gasteiger partial charge in [0.1, 0.15) is 5.76 Å². The first-order chi connectivity index (χ1) is 13.4. The molecule has 0 aliphatic carbocycles. The molecule has 4 rings (SSSR count). The zero-order valence-electron chi connectivity index (χ0n) is 16.5. The average molecular weight is 373 g/mol. The van der Waals surface area contributed by atoms with Crippen LogP contribution in [0.15, 0.2) is 52.9 Å². The summed E-state index contributed by atoms with van der Waals surface area (Å²) in [6.45, 7) is 6.31. The zero-order valence-corrected chi connectivity index (χ0v) is 16.5. The van der Waals surface area contributed by atoms with Gasteiger partial charge in [-0.15, -0.1) is 0 Å². The molecule has 2 aromatic carbocycles. The van der Waals surface area contributed by atoms with E-state index in [9.17, 15) is 4.79 Å². The summed E-state index contributed by atoms with van der Waals surface area (Å²) in [4.78, 5) is 17.1. The number of carbonyl (C=O) groups is 1. The number of benzene rings is 2. The number of nitrogens with one attached hydrogen (secondary N) is 1. The Bertz CT molecular complexity index is 1160. The smallest absolute Gasteiger partial charge is 0.293 e. The Labute approximate surface area is 164 Å². The van der Waals surface area contributed by atoms with Gasteiger partial charge in [0.05, 0.1) is 11.0 Å². The number of hydrogen-bond donors (Lipinski definition) is 1. The van der Waals surface area contributed by atoms with Crippen molar-refractivity contribution in [1.82, 2.24) is 9.55 Å². The lowest BCUT2D eigenvalue weighted by molar-refractivity contribution is 0.0994. The molecule has 0 saturated carbocycles. The molecule has 5 nitrogen and oxygen atoms in total. The van der Waals surface area contributed by atoms with Gasteiger partial charge >= 0.3 is 0 Å². The van der Waals surface area contributed by atoms with E-state index >= 15 is 0 Å². The van der Waals surface area contributed by atoms with Gasteiger partial charge < -0.3 is 8.98 Å². The van der Waals surface area contributed by atoms with Crippen LogP contribution in [-0.2, 0) is 13.5 Å². The maximum atomic E-state index is 12.6. The van der Waals surface area contributed by atoms with Crippen molar-refractivity contribution in [2.45, 2.75) is 27.2 Å². The zero-order chi connectivity index (χ0) is 19.8. The fourth-order valence-electron chi connectivity index (χ4n) is 3.68. The Balaban J connectivity index is 1.54. The second kappa shape index (κ2) is 7.00. The number of amides is 1. The third-order valence-electron chi connectivity index (χ3n) is 5.09. The molecule has 1 N–H and O–H groups in total. The first-order valence-corrected chi connectivity index (χ1v) is 9.30. The van der Waals surface area contributed by atoms with E-state index in [0.29, 0.717) is 12.4 Å². The lowest BCUT2D eigenvalue weighted by atomic mass is 9.97. The predicted molar refractivity (Wildman–Crippen MR) is 111 cm³/mol. The molecule has 0 atom stereocenters. The van der Waals surface area contributed by atoms with Gasteiger partial charge in [0, 0.05) is 13.5 Å². The SMILES string of the molecule is Cc1cc(C)c(Cc2ccc(C(=O)Nc3nc4ccccc4n3C)o2)c(C)c1. The minimum Gasteiger partial charge on any atom is -0.456 e. The summed E-state index contributed by atoms with van der Waals surface area (Å²) in [6.07, 6.45) is 0.664. The Morgan fingerprint density at radius 2 is 1.79 bits per heavy atom. The Kier molecular flexibility index (Phi) is 4.51. The van der Waals surface area contributed by atoms with Gasteiger partial charge in [-0.3, -0.25) is 10.1 Å². The molecule has 2 heterocycles. The Morgan fingerprint density at radius 1 is 1.07 bits per heavy atom. The Hall–Kier alpha value is -3.34. The van der Waals surface area contributed by atoms with Crippen LogP contribution in [0.5, 0.6) is 0 Å². The number of aromatic nitrogens is 2. The molecule has 28 heavy (non-hydrogen) atoms. The van der Waals surface area contributed by atoms with Gasteiger partial charge in [-0.05, 0) is 61.7 Å². The fraction of sp³-hybridized carbons (Fsp3) is 0.217. The number of carbonyl (C=O) groups excluding carboxylic acids is 1. The van der Waals surface area contributed by atoms with Crippen molar-refractivity contribution in [2.24, 2.45) is 7.05 Å². The van der Waals surface area contributed by atoms with Crippen LogP contribution in [0, 0.1) is 20.8 Å². The number of furan rings is 1. The van der Waals surface area contributed by atoms with Crippen molar-refractivity contribution in [3.63, 3.8) is 0 Å². The third kappa shape index (κ3) is 3.31. The van der Waals surface area contributed by atoms with Crippen LogP contribution in [0.4, 0.5) is 5.95 Å². The number of imidazole rings is 1. The molecular weight excluding hydrogens is 350 g/mol. The highest BCUT2D eigenvalue weighted by Gasteiger charge is 2.16. The molecule has 0 fully saturated rings. The summed E-state index contributed by atoms with van der Waals surface area (Å²) in [5.41, 5.74) is 6.76. The molecule has 0 aliphatic rings. The molecule has 0 aliphatic heterocycles. The van der Waals surface area contributed by atoms with E-state index in [1.807, 2.05) is 41.9 Å². The number of nitrogens with zero attached hydrogens (tertiary/aromatic N) is 2. The molecule has 0 bridgehead atoms. The quantitative estimate of drug-likeness (QED) is 0.551. The Morgan fingerprint density at radius 3 is 2.50 bits per heavy atom. The second-order valence-corrected chi connectivity index (χ2v) is 7.26. The van der Waals surface area contributed by atoms with Gasteiger partial charge in [-0.2, -0.15) is 0 Å². The minimum absolute atomic E-state index is 0.282. The number of para-hydroxylation sites is 2. The lowest BCUT2D eigenvalue weighted by Crippen LogP contribution is -2.14. The van der Waals surface area contributed by atoms with Gasteiger partial charge in [0.15, 0.2) is 5.76 Å².